The molecule has 18 heavy (non-hydrogen) atoms. The largest absolute Gasteiger partial charge is 0.479 e. The fourth-order valence-electron chi connectivity index (χ4n) is 1.56. The molecule has 1 aromatic carbocycles. The number of halogens is 1. The number of carbonyl (C=O) groups is 2. The lowest BCUT2D eigenvalue weighted by molar-refractivity contribution is -0.139. The number of carbonyl (C=O) groups excluding carboxylic acids is 1. The highest BCUT2D eigenvalue weighted by Gasteiger charge is 2.26. The molecular weight excluding hydrogens is 262 g/mol. The summed E-state index contributed by atoms with van der Waals surface area (Å²) in [6.45, 7) is -0.623. The molecular formula is C11H10ClNO5. The number of carboxylic acid groups (broad SMARTS) is 1. The van der Waals surface area contributed by atoms with Crippen LogP contribution < -0.4 is 14.4 Å². The van der Waals surface area contributed by atoms with Gasteiger partial charge >= 0.3 is 5.97 Å². The first kappa shape index (κ1) is 12.5. The predicted octanol–water partition coefficient (Wildman–Crippen LogP) is 1.16. The van der Waals surface area contributed by atoms with Crippen LogP contribution in [-0.4, -0.2) is 37.2 Å². The van der Waals surface area contributed by atoms with Crippen molar-refractivity contribution >= 4 is 29.2 Å². The Bertz CT molecular complexity index is 516. The number of aliphatic carboxylic acids is 1. The van der Waals surface area contributed by atoms with E-state index in [2.05, 4.69) is 0 Å². The summed E-state index contributed by atoms with van der Waals surface area (Å²) in [5.41, 5.74) is 0.458. The molecule has 0 spiro atoms. The second kappa shape index (κ2) is 4.73. The maximum atomic E-state index is 11.5. The van der Waals surface area contributed by atoms with Gasteiger partial charge in [-0.2, -0.15) is 0 Å². The van der Waals surface area contributed by atoms with Crippen LogP contribution >= 0.6 is 11.6 Å². The fraction of sp³-hybridized carbons (Fsp3) is 0.273. The van der Waals surface area contributed by atoms with Gasteiger partial charge in [0.1, 0.15) is 0 Å². The number of fused-ring (bicyclic) bond motifs is 1. The van der Waals surface area contributed by atoms with E-state index in [-0.39, 0.29) is 18.3 Å². The minimum atomic E-state index is -1.11. The summed E-state index contributed by atoms with van der Waals surface area (Å²) < 4.78 is 10.3. The molecule has 0 aliphatic carbocycles. The number of hydrogen-bond donors (Lipinski definition) is 1. The highest BCUT2D eigenvalue weighted by Crippen LogP contribution is 2.42. The smallest absolute Gasteiger partial charge is 0.341 e. The number of ether oxygens (including phenoxy) is 2. The van der Waals surface area contributed by atoms with Gasteiger partial charge in [-0.15, -0.1) is 0 Å². The SMILES string of the molecule is CN1C(=O)COc2c(OCC(=O)O)cc(Cl)cc21. The normalized spacial score (nSPS) is 13.9. The van der Waals surface area contributed by atoms with Gasteiger partial charge in [0.25, 0.3) is 5.91 Å². The van der Waals surface area contributed by atoms with Crippen molar-refractivity contribution in [2.24, 2.45) is 0 Å². The van der Waals surface area contributed by atoms with Gasteiger partial charge in [0, 0.05) is 18.1 Å². The summed E-state index contributed by atoms with van der Waals surface area (Å²) >= 11 is 5.89. The van der Waals surface area contributed by atoms with Gasteiger partial charge in [-0.1, -0.05) is 11.6 Å². The van der Waals surface area contributed by atoms with Crippen LogP contribution in [0.25, 0.3) is 0 Å². The zero-order chi connectivity index (χ0) is 13.3. The molecule has 1 heterocycles. The van der Waals surface area contributed by atoms with Crippen molar-refractivity contribution in [1.29, 1.82) is 0 Å². The predicted molar refractivity (Wildman–Crippen MR) is 63.5 cm³/mol. The van der Waals surface area contributed by atoms with Gasteiger partial charge in [-0.25, -0.2) is 4.79 Å². The van der Waals surface area contributed by atoms with Gasteiger partial charge in [0.2, 0.25) is 0 Å². The second-order valence-corrected chi connectivity index (χ2v) is 4.11. The molecule has 1 N–H and O–H groups in total. The maximum Gasteiger partial charge on any atom is 0.341 e. The summed E-state index contributed by atoms with van der Waals surface area (Å²) in [6, 6.07) is 3.01. The Balaban J connectivity index is 2.39. The van der Waals surface area contributed by atoms with E-state index in [0.29, 0.717) is 16.5 Å². The second-order valence-electron chi connectivity index (χ2n) is 3.68. The third-order valence-corrected chi connectivity index (χ3v) is 2.64. The van der Waals surface area contributed by atoms with Gasteiger partial charge in [0.15, 0.2) is 24.7 Å². The third-order valence-electron chi connectivity index (χ3n) is 2.43. The summed E-state index contributed by atoms with van der Waals surface area (Å²) in [6.07, 6.45) is 0. The molecule has 0 atom stereocenters. The number of carboxylic acids is 1. The van der Waals surface area contributed by atoms with Crippen molar-refractivity contribution in [2.45, 2.75) is 0 Å². The van der Waals surface area contributed by atoms with Gasteiger partial charge < -0.3 is 19.5 Å². The number of benzene rings is 1. The van der Waals surface area contributed by atoms with E-state index in [1.54, 1.807) is 13.1 Å². The Morgan fingerprint density at radius 3 is 3.00 bits per heavy atom. The molecule has 0 fully saturated rings. The Kier molecular flexibility index (Phi) is 3.29. The quantitative estimate of drug-likeness (QED) is 0.893. The summed E-state index contributed by atoms with van der Waals surface area (Å²) in [5, 5.41) is 8.91. The molecule has 0 bridgehead atoms. The van der Waals surface area contributed by atoms with Crippen LogP contribution in [-0.2, 0) is 9.59 Å². The molecule has 0 radical (unpaired) electrons. The van der Waals surface area contributed by atoms with Crippen LogP contribution in [0.3, 0.4) is 0 Å². The van der Waals surface area contributed by atoms with E-state index in [9.17, 15) is 9.59 Å². The number of rotatable bonds is 3. The number of anilines is 1. The lowest BCUT2D eigenvalue weighted by atomic mass is 10.2. The molecule has 0 saturated carbocycles. The summed E-state index contributed by atoms with van der Waals surface area (Å²) in [5.74, 6) is -0.792. The zero-order valence-electron chi connectivity index (χ0n) is 9.47. The molecule has 1 aromatic rings. The fourth-order valence-corrected chi connectivity index (χ4v) is 1.76. The number of nitrogens with zero attached hydrogens (tertiary/aromatic N) is 1. The molecule has 0 saturated heterocycles. The summed E-state index contributed by atoms with van der Waals surface area (Å²) in [7, 11) is 1.58. The van der Waals surface area contributed by atoms with Crippen LogP contribution in [0.2, 0.25) is 5.02 Å². The van der Waals surface area contributed by atoms with Crippen LogP contribution in [0.1, 0.15) is 0 Å². The minimum absolute atomic E-state index is 0.117. The zero-order valence-corrected chi connectivity index (χ0v) is 10.2. The van der Waals surface area contributed by atoms with E-state index < -0.39 is 12.6 Å². The average Bonchev–Trinajstić information content (AvgIpc) is 2.31. The topological polar surface area (TPSA) is 76.1 Å². The van der Waals surface area contributed by atoms with E-state index in [0.717, 1.165) is 0 Å². The molecule has 2 rings (SSSR count). The van der Waals surface area contributed by atoms with E-state index in [1.165, 1.54) is 11.0 Å². The van der Waals surface area contributed by atoms with Crippen LogP contribution in [0.4, 0.5) is 5.69 Å². The average molecular weight is 272 g/mol. The van der Waals surface area contributed by atoms with Gasteiger partial charge in [-0.3, -0.25) is 4.79 Å². The maximum absolute atomic E-state index is 11.5. The Labute approximate surface area is 108 Å². The first-order valence-electron chi connectivity index (χ1n) is 5.06. The first-order valence-corrected chi connectivity index (χ1v) is 5.44. The Hall–Kier alpha value is -1.95. The molecule has 1 aliphatic heterocycles. The summed E-state index contributed by atoms with van der Waals surface area (Å²) in [4.78, 5) is 23.3. The van der Waals surface area contributed by atoms with Crippen molar-refractivity contribution in [3.05, 3.63) is 17.2 Å². The molecule has 1 amide bonds. The van der Waals surface area contributed by atoms with Crippen molar-refractivity contribution < 1.29 is 24.2 Å². The lowest BCUT2D eigenvalue weighted by Crippen LogP contribution is -2.35. The van der Waals surface area contributed by atoms with Gasteiger partial charge in [0.05, 0.1) is 5.69 Å². The molecule has 96 valence electrons. The third kappa shape index (κ3) is 2.33. The number of hydrogen-bond acceptors (Lipinski definition) is 4. The van der Waals surface area contributed by atoms with Crippen LogP contribution in [0.15, 0.2) is 12.1 Å². The highest BCUT2D eigenvalue weighted by molar-refractivity contribution is 6.31. The number of amides is 1. The molecule has 6 nitrogen and oxygen atoms in total. The molecule has 7 heteroatoms. The highest BCUT2D eigenvalue weighted by atomic mass is 35.5. The monoisotopic (exact) mass is 271 g/mol. The Morgan fingerprint density at radius 1 is 1.61 bits per heavy atom. The first-order chi connectivity index (χ1) is 8.49. The minimum Gasteiger partial charge on any atom is -0.479 e. The lowest BCUT2D eigenvalue weighted by Gasteiger charge is -2.27. The van der Waals surface area contributed by atoms with Crippen molar-refractivity contribution in [1.82, 2.24) is 0 Å². The molecule has 0 unspecified atom stereocenters. The standard InChI is InChI=1S/C11H10ClNO5/c1-13-7-2-6(12)3-8(17-5-10(15)16)11(7)18-4-9(13)14/h2-3H,4-5H2,1H3,(H,15,16). The Morgan fingerprint density at radius 2 is 2.33 bits per heavy atom. The number of likely N-dealkylation sites (N-methyl/N-ethyl adjacent to an activating group) is 1. The van der Waals surface area contributed by atoms with E-state index in [4.69, 9.17) is 26.2 Å². The van der Waals surface area contributed by atoms with Gasteiger partial charge in [-0.05, 0) is 6.07 Å². The van der Waals surface area contributed by atoms with Crippen LogP contribution in [0.5, 0.6) is 11.5 Å². The van der Waals surface area contributed by atoms with Crippen LogP contribution in [0, 0.1) is 0 Å². The molecule has 0 aromatic heterocycles. The molecule has 1 aliphatic rings. The van der Waals surface area contributed by atoms with E-state index >= 15 is 0 Å². The van der Waals surface area contributed by atoms with Crippen molar-refractivity contribution in [3.8, 4) is 11.5 Å². The van der Waals surface area contributed by atoms with Crippen molar-refractivity contribution in [3.63, 3.8) is 0 Å². The van der Waals surface area contributed by atoms with E-state index in [1.807, 2.05) is 0 Å². The van der Waals surface area contributed by atoms with Crippen molar-refractivity contribution in [2.75, 3.05) is 25.2 Å².